The van der Waals surface area contributed by atoms with Crippen molar-refractivity contribution in [2.24, 2.45) is 10.9 Å². The molecule has 3 rings (SSSR count). The number of rotatable bonds is 4. The first kappa shape index (κ1) is 15.7. The molecule has 1 unspecified atom stereocenters. The Morgan fingerprint density at radius 3 is 3.04 bits per heavy atom. The largest absolute Gasteiger partial charge is 0.465 e. The topological polar surface area (TPSA) is 79.2 Å². The molecular weight excluding hydrogens is 296 g/mol. The van der Waals surface area contributed by atoms with E-state index in [2.05, 4.69) is 9.89 Å². The van der Waals surface area contributed by atoms with Crippen LogP contribution < -0.4 is 4.90 Å². The first-order valence-corrected chi connectivity index (χ1v) is 7.92. The van der Waals surface area contributed by atoms with Crippen molar-refractivity contribution in [3.8, 4) is 0 Å². The summed E-state index contributed by atoms with van der Waals surface area (Å²) in [4.78, 5) is 30.7. The average molecular weight is 316 g/mol. The van der Waals surface area contributed by atoms with Crippen LogP contribution in [0.15, 0.2) is 23.2 Å². The number of Topliss-reactive ketones (excluding diaryl/α,β-unsaturated/α-hetero) is 1. The zero-order valence-corrected chi connectivity index (χ0v) is 13.1. The molecule has 2 atom stereocenters. The molecule has 2 aliphatic rings. The summed E-state index contributed by atoms with van der Waals surface area (Å²) in [5.74, 6) is -1.79. The summed E-state index contributed by atoms with van der Waals surface area (Å²) >= 11 is 0. The molecule has 1 saturated heterocycles. The highest BCUT2D eigenvalue weighted by Gasteiger charge is 2.32. The van der Waals surface area contributed by atoms with Crippen LogP contribution in [-0.4, -0.2) is 48.9 Å². The van der Waals surface area contributed by atoms with Crippen LogP contribution >= 0.6 is 0 Å². The van der Waals surface area contributed by atoms with E-state index in [4.69, 9.17) is 4.74 Å². The molecule has 0 aliphatic carbocycles. The van der Waals surface area contributed by atoms with Crippen molar-refractivity contribution in [1.29, 1.82) is 0 Å². The highest BCUT2D eigenvalue weighted by Crippen LogP contribution is 2.33. The SMILES string of the molecule is CCOC(=O)C1C=Nc2cc(N3CCC[C@@H]3CO)ccc2C1=O. The van der Waals surface area contributed by atoms with Crippen LogP contribution in [0.2, 0.25) is 0 Å². The number of hydrogen-bond donors (Lipinski definition) is 1. The second-order valence-electron chi connectivity index (χ2n) is 5.75. The molecule has 0 spiro atoms. The van der Waals surface area contributed by atoms with E-state index in [-0.39, 0.29) is 25.0 Å². The fraction of sp³-hybridized carbons (Fsp3) is 0.471. The molecule has 6 nitrogen and oxygen atoms in total. The number of hydrogen-bond acceptors (Lipinski definition) is 6. The van der Waals surface area contributed by atoms with Gasteiger partial charge in [-0.3, -0.25) is 14.6 Å². The highest BCUT2D eigenvalue weighted by atomic mass is 16.5. The summed E-state index contributed by atoms with van der Waals surface area (Å²) in [5, 5.41) is 9.45. The number of esters is 1. The van der Waals surface area contributed by atoms with Crippen LogP contribution in [0.5, 0.6) is 0 Å². The number of carbonyl (C=O) groups excluding carboxylic acids is 2. The molecule has 0 amide bonds. The number of ether oxygens (including phenoxy) is 1. The zero-order chi connectivity index (χ0) is 16.4. The number of benzene rings is 1. The van der Waals surface area contributed by atoms with E-state index in [0.717, 1.165) is 25.1 Å². The Bertz CT molecular complexity index is 656. The van der Waals surface area contributed by atoms with Crippen molar-refractivity contribution >= 4 is 29.3 Å². The number of ketones is 1. The lowest BCUT2D eigenvalue weighted by Crippen LogP contribution is -2.32. The number of nitrogens with zero attached hydrogens (tertiary/aromatic N) is 2. The van der Waals surface area contributed by atoms with Gasteiger partial charge in [-0.25, -0.2) is 0 Å². The van der Waals surface area contributed by atoms with Crippen molar-refractivity contribution in [3.63, 3.8) is 0 Å². The van der Waals surface area contributed by atoms with E-state index in [1.54, 1.807) is 13.0 Å². The maximum absolute atomic E-state index is 12.4. The third kappa shape index (κ3) is 2.86. The van der Waals surface area contributed by atoms with Crippen molar-refractivity contribution in [2.45, 2.75) is 25.8 Å². The van der Waals surface area contributed by atoms with E-state index in [1.807, 2.05) is 12.1 Å². The van der Waals surface area contributed by atoms with Crippen molar-refractivity contribution in [1.82, 2.24) is 0 Å². The Balaban J connectivity index is 1.87. The summed E-state index contributed by atoms with van der Waals surface area (Å²) in [7, 11) is 0. The van der Waals surface area contributed by atoms with Gasteiger partial charge in [0.1, 0.15) is 0 Å². The lowest BCUT2D eigenvalue weighted by molar-refractivity contribution is -0.143. The molecule has 0 saturated carbocycles. The van der Waals surface area contributed by atoms with Gasteiger partial charge in [-0.2, -0.15) is 0 Å². The Hall–Kier alpha value is -2.21. The fourth-order valence-corrected chi connectivity index (χ4v) is 3.17. The number of anilines is 1. The van der Waals surface area contributed by atoms with Crippen molar-refractivity contribution in [3.05, 3.63) is 23.8 Å². The first-order valence-electron chi connectivity index (χ1n) is 7.92. The van der Waals surface area contributed by atoms with Gasteiger partial charge < -0.3 is 14.7 Å². The normalized spacial score (nSPS) is 23.0. The number of aliphatic imine (C=N–C) groups is 1. The van der Waals surface area contributed by atoms with Crippen LogP contribution in [0.3, 0.4) is 0 Å². The minimum Gasteiger partial charge on any atom is -0.465 e. The Kier molecular flexibility index (Phi) is 4.43. The molecule has 0 bridgehead atoms. The molecule has 6 heteroatoms. The van der Waals surface area contributed by atoms with Crippen LogP contribution in [0.25, 0.3) is 0 Å². The Morgan fingerprint density at radius 2 is 2.30 bits per heavy atom. The molecule has 1 aromatic carbocycles. The minimum absolute atomic E-state index is 0.114. The standard InChI is InChI=1S/C17H20N2O4/c1-2-23-17(22)14-9-18-15-8-11(5-6-13(15)16(14)21)19-7-3-4-12(19)10-20/h5-6,8-9,12,14,20H,2-4,7,10H2,1H3/t12-,14?/m1/s1. The van der Waals surface area contributed by atoms with Gasteiger partial charge in [0.05, 0.1) is 24.9 Å². The Morgan fingerprint density at radius 1 is 1.48 bits per heavy atom. The minimum atomic E-state index is -0.953. The van der Waals surface area contributed by atoms with Gasteiger partial charge in [0.15, 0.2) is 11.7 Å². The molecule has 0 radical (unpaired) electrons. The number of fused-ring (bicyclic) bond motifs is 1. The van der Waals surface area contributed by atoms with Gasteiger partial charge >= 0.3 is 5.97 Å². The Labute approximate surface area is 134 Å². The second kappa shape index (κ2) is 6.50. The number of aliphatic hydroxyl groups excluding tert-OH is 1. The summed E-state index contributed by atoms with van der Waals surface area (Å²) < 4.78 is 4.91. The van der Waals surface area contributed by atoms with Gasteiger partial charge in [0.25, 0.3) is 0 Å². The van der Waals surface area contributed by atoms with E-state index >= 15 is 0 Å². The molecule has 2 heterocycles. The summed E-state index contributed by atoms with van der Waals surface area (Å²) in [6.07, 6.45) is 3.36. The molecule has 122 valence electrons. The quantitative estimate of drug-likeness (QED) is 0.676. The van der Waals surface area contributed by atoms with Gasteiger partial charge in [0, 0.05) is 24.0 Å². The molecule has 1 N–H and O–H groups in total. The van der Waals surface area contributed by atoms with E-state index in [1.165, 1.54) is 6.21 Å². The smallest absolute Gasteiger partial charge is 0.322 e. The molecule has 1 fully saturated rings. The van der Waals surface area contributed by atoms with Gasteiger partial charge in [-0.05, 0) is 38.0 Å². The lowest BCUT2D eigenvalue weighted by atomic mass is 9.94. The van der Waals surface area contributed by atoms with Crippen LogP contribution in [0.4, 0.5) is 11.4 Å². The summed E-state index contributed by atoms with van der Waals surface area (Å²) in [5.41, 5.74) is 1.95. The zero-order valence-electron chi connectivity index (χ0n) is 13.1. The third-order valence-electron chi connectivity index (χ3n) is 4.35. The van der Waals surface area contributed by atoms with E-state index < -0.39 is 11.9 Å². The second-order valence-corrected chi connectivity index (χ2v) is 5.75. The van der Waals surface area contributed by atoms with Crippen LogP contribution in [-0.2, 0) is 9.53 Å². The van der Waals surface area contributed by atoms with Crippen molar-refractivity contribution in [2.75, 3.05) is 24.7 Å². The molecular formula is C17H20N2O4. The summed E-state index contributed by atoms with van der Waals surface area (Å²) in [6.45, 7) is 2.94. The molecule has 1 aromatic rings. The van der Waals surface area contributed by atoms with Gasteiger partial charge in [-0.15, -0.1) is 0 Å². The van der Waals surface area contributed by atoms with Gasteiger partial charge in [-0.1, -0.05) is 0 Å². The average Bonchev–Trinajstić information content (AvgIpc) is 3.03. The fourth-order valence-electron chi connectivity index (χ4n) is 3.17. The van der Waals surface area contributed by atoms with Crippen LogP contribution in [0.1, 0.15) is 30.1 Å². The molecule has 0 aromatic heterocycles. The number of aliphatic hydroxyl groups is 1. The monoisotopic (exact) mass is 316 g/mol. The summed E-state index contributed by atoms with van der Waals surface area (Å²) in [6, 6.07) is 5.53. The maximum atomic E-state index is 12.4. The predicted octanol–water partition coefficient (Wildman–Crippen LogP) is 1.73. The van der Waals surface area contributed by atoms with E-state index in [9.17, 15) is 14.7 Å². The third-order valence-corrected chi connectivity index (χ3v) is 4.35. The highest BCUT2D eigenvalue weighted by molar-refractivity contribution is 6.22. The van der Waals surface area contributed by atoms with Crippen LogP contribution in [0, 0.1) is 5.92 Å². The lowest BCUT2D eigenvalue weighted by Gasteiger charge is -2.26. The van der Waals surface area contributed by atoms with Crippen molar-refractivity contribution < 1.29 is 19.4 Å². The maximum Gasteiger partial charge on any atom is 0.322 e. The predicted molar refractivity (Wildman–Crippen MR) is 86.5 cm³/mol. The first-order chi connectivity index (χ1) is 11.2. The number of carbonyl (C=O) groups is 2. The molecule has 23 heavy (non-hydrogen) atoms. The van der Waals surface area contributed by atoms with Gasteiger partial charge in [0.2, 0.25) is 0 Å². The molecule has 2 aliphatic heterocycles. The van der Waals surface area contributed by atoms with E-state index in [0.29, 0.717) is 11.3 Å².